The van der Waals surface area contributed by atoms with E-state index in [2.05, 4.69) is 4.37 Å². The van der Waals surface area contributed by atoms with E-state index in [9.17, 15) is 27.6 Å². The molecule has 0 amide bonds. The van der Waals surface area contributed by atoms with Crippen LogP contribution in [0.2, 0.25) is 0 Å². The molecule has 0 aliphatic heterocycles. The molecular formula is C26H22F3N3O5S. The average Bonchev–Trinajstić information content (AvgIpc) is 3.28. The van der Waals surface area contributed by atoms with E-state index in [4.69, 9.17) is 9.47 Å². The van der Waals surface area contributed by atoms with Gasteiger partial charge >= 0.3 is 17.8 Å². The molecule has 4 aromatic rings. The van der Waals surface area contributed by atoms with Crippen LogP contribution in [-0.4, -0.2) is 32.7 Å². The number of hydrogen-bond acceptors (Lipinski definition) is 7. The van der Waals surface area contributed by atoms with E-state index in [1.165, 1.54) is 23.7 Å². The number of nitrogens with zero attached hydrogens (tertiary/aromatic N) is 3. The summed E-state index contributed by atoms with van der Waals surface area (Å²) in [5.74, 6) is -0.128. The second-order valence-electron chi connectivity index (χ2n) is 8.27. The Morgan fingerprint density at radius 2 is 1.89 bits per heavy atom. The number of rotatable bonds is 7. The van der Waals surface area contributed by atoms with Crippen molar-refractivity contribution in [1.29, 1.82) is 0 Å². The van der Waals surface area contributed by atoms with E-state index >= 15 is 0 Å². The third-order valence-electron chi connectivity index (χ3n) is 5.72. The highest BCUT2D eigenvalue weighted by atomic mass is 32.1. The Kier molecular flexibility index (Phi) is 7.53. The molecule has 0 saturated heterocycles. The van der Waals surface area contributed by atoms with Crippen LogP contribution in [0.1, 0.15) is 18.2 Å². The molecule has 0 aliphatic carbocycles. The van der Waals surface area contributed by atoms with Gasteiger partial charge in [-0.05, 0) is 61.3 Å². The third-order valence-corrected chi connectivity index (χ3v) is 6.55. The lowest BCUT2D eigenvalue weighted by Crippen LogP contribution is -2.40. The largest absolute Gasteiger partial charge is 0.482 e. The lowest BCUT2D eigenvalue weighted by atomic mass is 10.0. The number of aryl methyl sites for hydroxylation is 1. The van der Waals surface area contributed by atoms with Crippen molar-refractivity contribution in [3.8, 4) is 22.7 Å². The first kappa shape index (κ1) is 26.9. The number of esters is 1. The monoisotopic (exact) mass is 545 g/mol. The zero-order chi connectivity index (χ0) is 27.6. The van der Waals surface area contributed by atoms with Crippen LogP contribution >= 0.6 is 11.5 Å². The smallest absolute Gasteiger partial charge is 0.431 e. The summed E-state index contributed by atoms with van der Waals surface area (Å²) in [6, 6.07) is 10.3. The SMILES string of the molecule is CC=CCOC(=O)COc1ccc(C)c(-c2nsc3ccc(-n4c(=O)cc(C(F)(F)F)n(C)c4=O)cc23)c1. The molecule has 38 heavy (non-hydrogen) atoms. The van der Waals surface area contributed by atoms with Crippen LogP contribution in [0.4, 0.5) is 13.2 Å². The lowest BCUT2D eigenvalue weighted by molar-refractivity contribution is -0.145. The predicted molar refractivity (Wildman–Crippen MR) is 137 cm³/mol. The van der Waals surface area contributed by atoms with Crippen LogP contribution in [0, 0.1) is 6.92 Å². The first-order valence-electron chi connectivity index (χ1n) is 11.3. The van der Waals surface area contributed by atoms with Crippen LogP contribution < -0.4 is 16.0 Å². The van der Waals surface area contributed by atoms with E-state index in [1.807, 2.05) is 13.8 Å². The van der Waals surface area contributed by atoms with Gasteiger partial charge in [0, 0.05) is 24.1 Å². The van der Waals surface area contributed by atoms with Gasteiger partial charge in [-0.15, -0.1) is 0 Å². The molecule has 2 aromatic carbocycles. The van der Waals surface area contributed by atoms with Gasteiger partial charge in [-0.3, -0.25) is 9.36 Å². The maximum atomic E-state index is 13.2. The van der Waals surface area contributed by atoms with Crippen molar-refractivity contribution in [2.24, 2.45) is 7.05 Å². The van der Waals surface area contributed by atoms with Crippen molar-refractivity contribution in [2.45, 2.75) is 20.0 Å². The molecule has 0 unspecified atom stereocenters. The van der Waals surface area contributed by atoms with Gasteiger partial charge in [-0.1, -0.05) is 18.2 Å². The highest BCUT2D eigenvalue weighted by molar-refractivity contribution is 7.13. The molecular weight excluding hydrogens is 523 g/mol. The van der Waals surface area contributed by atoms with Crippen molar-refractivity contribution in [3.63, 3.8) is 0 Å². The fourth-order valence-electron chi connectivity index (χ4n) is 3.76. The molecule has 2 aromatic heterocycles. The Hall–Kier alpha value is -4.19. The summed E-state index contributed by atoms with van der Waals surface area (Å²) in [5.41, 5.74) is -1.40. The Balaban J connectivity index is 1.72. The number of hydrogen-bond donors (Lipinski definition) is 0. The van der Waals surface area contributed by atoms with Gasteiger partial charge in [-0.25, -0.2) is 14.2 Å². The maximum Gasteiger partial charge on any atom is 0.431 e. The Morgan fingerprint density at radius 3 is 2.61 bits per heavy atom. The second-order valence-corrected chi connectivity index (χ2v) is 9.08. The van der Waals surface area contributed by atoms with E-state index < -0.39 is 29.1 Å². The summed E-state index contributed by atoms with van der Waals surface area (Å²) in [4.78, 5) is 37.2. The molecule has 0 N–H and O–H groups in total. The Labute approximate surface area is 218 Å². The molecule has 0 radical (unpaired) electrons. The summed E-state index contributed by atoms with van der Waals surface area (Å²) in [6.45, 7) is 3.53. The van der Waals surface area contributed by atoms with Crippen LogP contribution in [0.25, 0.3) is 27.0 Å². The van der Waals surface area contributed by atoms with Crippen molar-refractivity contribution in [1.82, 2.24) is 13.5 Å². The summed E-state index contributed by atoms with van der Waals surface area (Å²) in [6.07, 6.45) is -1.40. The Morgan fingerprint density at radius 1 is 1.13 bits per heavy atom. The summed E-state index contributed by atoms with van der Waals surface area (Å²) < 4.78 is 56.6. The zero-order valence-electron chi connectivity index (χ0n) is 20.5. The third kappa shape index (κ3) is 5.40. The van der Waals surface area contributed by atoms with E-state index in [0.717, 1.165) is 17.3 Å². The molecule has 8 nitrogen and oxygen atoms in total. The van der Waals surface area contributed by atoms with Crippen molar-refractivity contribution in [2.75, 3.05) is 13.2 Å². The second kappa shape index (κ2) is 10.7. The maximum absolute atomic E-state index is 13.2. The highest BCUT2D eigenvalue weighted by Crippen LogP contribution is 2.35. The number of halogens is 3. The summed E-state index contributed by atoms with van der Waals surface area (Å²) in [7, 11) is 0.961. The molecule has 12 heteroatoms. The van der Waals surface area contributed by atoms with Crippen LogP contribution in [0.15, 0.2) is 64.2 Å². The minimum absolute atomic E-state index is 0.104. The number of alkyl halides is 3. The van der Waals surface area contributed by atoms with Crippen molar-refractivity contribution < 1.29 is 27.4 Å². The number of carbonyl (C=O) groups excluding carboxylic acids is 1. The molecule has 0 bridgehead atoms. The highest BCUT2D eigenvalue weighted by Gasteiger charge is 2.35. The first-order chi connectivity index (χ1) is 18.0. The van der Waals surface area contributed by atoms with Crippen LogP contribution in [-0.2, 0) is 22.8 Å². The van der Waals surface area contributed by atoms with Gasteiger partial charge in [0.25, 0.3) is 5.56 Å². The topological polar surface area (TPSA) is 92.4 Å². The lowest BCUT2D eigenvalue weighted by Gasteiger charge is -2.14. The first-order valence-corrected chi connectivity index (χ1v) is 12.1. The minimum atomic E-state index is -4.85. The fourth-order valence-corrected chi connectivity index (χ4v) is 4.53. The molecule has 4 rings (SSSR count). The number of aromatic nitrogens is 3. The molecule has 2 heterocycles. The number of allylic oxidation sites excluding steroid dienone is 1. The number of benzene rings is 2. The molecule has 0 fully saturated rings. The van der Waals surface area contributed by atoms with Crippen LogP contribution in [0.5, 0.6) is 5.75 Å². The fraction of sp³-hybridized carbons (Fsp3) is 0.231. The summed E-state index contributed by atoms with van der Waals surface area (Å²) >= 11 is 1.18. The molecule has 0 atom stereocenters. The van der Waals surface area contributed by atoms with Gasteiger partial charge in [-0.2, -0.15) is 17.5 Å². The molecule has 0 saturated carbocycles. The summed E-state index contributed by atoms with van der Waals surface area (Å²) in [5, 5.41) is 0.590. The molecule has 198 valence electrons. The van der Waals surface area contributed by atoms with E-state index in [0.29, 0.717) is 37.6 Å². The van der Waals surface area contributed by atoms with Crippen molar-refractivity contribution in [3.05, 3.63) is 86.7 Å². The molecule has 0 spiro atoms. The van der Waals surface area contributed by atoms with Gasteiger partial charge < -0.3 is 9.47 Å². The number of carbonyl (C=O) groups is 1. The van der Waals surface area contributed by atoms with Gasteiger partial charge in [0.2, 0.25) is 0 Å². The van der Waals surface area contributed by atoms with Crippen molar-refractivity contribution >= 4 is 27.6 Å². The standard InChI is InChI=1S/C26H22F3N3O5S/c1-4-5-10-36-23(34)14-37-17-8-6-15(2)18(12-17)24-19-11-16(7-9-20(19)38-30-24)32-22(33)13-21(26(27,28)29)31(3)25(32)35/h4-9,11-13H,10,14H2,1-3H3. The van der Waals surface area contributed by atoms with Gasteiger partial charge in [0.05, 0.1) is 16.1 Å². The Bertz CT molecular complexity index is 1670. The van der Waals surface area contributed by atoms with Gasteiger partial charge in [0.15, 0.2) is 6.61 Å². The van der Waals surface area contributed by atoms with Gasteiger partial charge in [0.1, 0.15) is 18.1 Å². The van der Waals surface area contributed by atoms with E-state index in [1.54, 1.807) is 36.4 Å². The average molecular weight is 546 g/mol. The zero-order valence-corrected chi connectivity index (χ0v) is 21.4. The normalized spacial score (nSPS) is 11.8. The van der Waals surface area contributed by atoms with E-state index in [-0.39, 0.29) is 18.9 Å². The number of ether oxygens (including phenoxy) is 2. The predicted octanol–water partition coefficient (Wildman–Crippen LogP) is 4.64. The molecule has 0 aliphatic rings. The number of fused-ring (bicyclic) bond motifs is 1. The quantitative estimate of drug-likeness (QED) is 0.248. The van der Waals surface area contributed by atoms with Crippen LogP contribution in [0.3, 0.4) is 0 Å². The minimum Gasteiger partial charge on any atom is -0.482 e.